The van der Waals surface area contributed by atoms with Gasteiger partial charge in [0.05, 0.1) is 6.04 Å². The van der Waals surface area contributed by atoms with Crippen molar-refractivity contribution < 1.29 is 14.0 Å². The molecule has 1 atom stereocenters. The smallest absolute Gasteiger partial charge is 0.408 e. The van der Waals surface area contributed by atoms with Crippen molar-refractivity contribution in [2.75, 3.05) is 0 Å². The molecular formula is C31H39NO3Si. The maximum Gasteiger partial charge on any atom is 0.408 e. The van der Waals surface area contributed by atoms with Crippen LogP contribution in [0.15, 0.2) is 97.6 Å². The lowest BCUT2D eigenvalue weighted by atomic mass is 10.1. The number of hydrogen-bond donors (Lipinski definition) is 1. The Hall–Kier alpha value is -3.31. The standard InChI is InChI=1S/C31H39NO3Si/c1-8-25(32-29(33)34-30(2,3)4)23-24-19-21-26(22-20-24)35-36(31(5,6)7,27-15-11-9-12-16-27)28-17-13-10-14-18-28/h8-22,25H,1,23H2,2-7H3,(H,32,33). The van der Waals surface area contributed by atoms with Crippen molar-refractivity contribution in [2.45, 2.75) is 64.6 Å². The SMILES string of the molecule is C=CC(Cc1ccc(O[Si](c2ccccc2)(c2ccccc2)C(C)(C)C)cc1)NC(=O)OC(C)(C)C. The molecule has 190 valence electrons. The summed E-state index contributed by atoms with van der Waals surface area (Å²) in [6.07, 6.45) is 1.90. The first-order valence-electron chi connectivity index (χ1n) is 12.5. The van der Waals surface area contributed by atoms with Crippen LogP contribution in [-0.4, -0.2) is 26.1 Å². The molecule has 1 amide bonds. The molecule has 0 fully saturated rings. The zero-order valence-electron chi connectivity index (χ0n) is 22.4. The fraction of sp³-hybridized carbons (Fsp3) is 0.323. The molecule has 0 heterocycles. The van der Waals surface area contributed by atoms with Gasteiger partial charge in [0.15, 0.2) is 0 Å². The average Bonchev–Trinajstić information content (AvgIpc) is 2.82. The van der Waals surface area contributed by atoms with Crippen LogP contribution in [0.3, 0.4) is 0 Å². The van der Waals surface area contributed by atoms with Crippen LogP contribution in [0.2, 0.25) is 5.04 Å². The van der Waals surface area contributed by atoms with Crippen LogP contribution in [0, 0.1) is 0 Å². The third kappa shape index (κ3) is 6.67. The predicted molar refractivity (Wildman–Crippen MR) is 152 cm³/mol. The van der Waals surface area contributed by atoms with E-state index in [2.05, 4.69) is 93.3 Å². The lowest BCUT2D eigenvalue weighted by Gasteiger charge is -2.43. The normalized spacial score (nSPS) is 12.9. The fourth-order valence-electron chi connectivity index (χ4n) is 4.43. The molecule has 1 N–H and O–H groups in total. The summed E-state index contributed by atoms with van der Waals surface area (Å²) in [5, 5.41) is 5.25. The Kier molecular flexibility index (Phi) is 8.46. The van der Waals surface area contributed by atoms with E-state index in [0.717, 1.165) is 11.3 Å². The van der Waals surface area contributed by atoms with E-state index < -0.39 is 20.0 Å². The number of carbonyl (C=O) groups is 1. The first kappa shape index (κ1) is 27.3. The van der Waals surface area contributed by atoms with Crippen molar-refractivity contribution in [1.29, 1.82) is 0 Å². The molecule has 3 rings (SSSR count). The molecule has 3 aromatic rings. The van der Waals surface area contributed by atoms with Gasteiger partial charge in [-0.1, -0.05) is 99.6 Å². The van der Waals surface area contributed by atoms with Gasteiger partial charge in [-0.15, -0.1) is 6.58 Å². The largest absolute Gasteiger partial charge is 0.534 e. The van der Waals surface area contributed by atoms with E-state index in [1.807, 2.05) is 45.0 Å². The second-order valence-corrected chi connectivity index (χ2v) is 15.3. The summed E-state index contributed by atoms with van der Waals surface area (Å²) in [5.41, 5.74) is 0.529. The maximum atomic E-state index is 12.2. The van der Waals surface area contributed by atoms with E-state index in [1.54, 1.807) is 6.08 Å². The van der Waals surface area contributed by atoms with Crippen molar-refractivity contribution in [3.05, 3.63) is 103 Å². The molecule has 0 aliphatic rings. The fourth-order valence-corrected chi connectivity index (χ4v) is 8.85. The Morgan fingerprint density at radius 2 is 1.36 bits per heavy atom. The Balaban J connectivity index is 1.88. The maximum absolute atomic E-state index is 12.2. The van der Waals surface area contributed by atoms with Crippen molar-refractivity contribution in [1.82, 2.24) is 5.32 Å². The van der Waals surface area contributed by atoms with Gasteiger partial charge in [0, 0.05) is 0 Å². The zero-order chi connectivity index (χ0) is 26.4. The number of nitrogens with one attached hydrogen (secondary N) is 1. The molecule has 36 heavy (non-hydrogen) atoms. The van der Waals surface area contributed by atoms with Crippen LogP contribution in [0.4, 0.5) is 4.79 Å². The van der Waals surface area contributed by atoms with Gasteiger partial charge in [-0.3, -0.25) is 0 Å². The van der Waals surface area contributed by atoms with E-state index in [4.69, 9.17) is 9.16 Å². The van der Waals surface area contributed by atoms with Crippen LogP contribution >= 0.6 is 0 Å². The van der Waals surface area contributed by atoms with Crippen LogP contribution in [0.1, 0.15) is 47.1 Å². The van der Waals surface area contributed by atoms with Crippen LogP contribution in [0.25, 0.3) is 0 Å². The second kappa shape index (κ2) is 11.2. The first-order valence-corrected chi connectivity index (χ1v) is 14.4. The molecular weight excluding hydrogens is 462 g/mol. The number of benzene rings is 3. The molecule has 0 saturated carbocycles. The molecule has 3 aromatic carbocycles. The minimum atomic E-state index is -2.68. The number of amides is 1. The van der Waals surface area contributed by atoms with Gasteiger partial charge < -0.3 is 14.5 Å². The van der Waals surface area contributed by atoms with Gasteiger partial charge in [-0.2, -0.15) is 0 Å². The highest BCUT2D eigenvalue weighted by Gasteiger charge is 2.52. The van der Waals surface area contributed by atoms with Gasteiger partial charge in [-0.25, -0.2) is 4.79 Å². The van der Waals surface area contributed by atoms with Crippen molar-refractivity contribution in [3.8, 4) is 5.75 Å². The number of alkyl carbamates (subject to hydrolysis) is 1. The predicted octanol–water partition coefficient (Wildman–Crippen LogP) is 6.25. The molecule has 0 bridgehead atoms. The van der Waals surface area contributed by atoms with Crippen LogP contribution in [-0.2, 0) is 11.2 Å². The molecule has 1 unspecified atom stereocenters. The number of carbonyl (C=O) groups excluding carboxylic acids is 1. The number of rotatable bonds is 8. The van der Waals surface area contributed by atoms with E-state index >= 15 is 0 Å². The summed E-state index contributed by atoms with van der Waals surface area (Å²) in [7, 11) is -2.68. The van der Waals surface area contributed by atoms with Gasteiger partial charge in [0.1, 0.15) is 11.4 Å². The Bertz CT molecular complexity index is 1090. The van der Waals surface area contributed by atoms with Crippen molar-refractivity contribution >= 4 is 24.8 Å². The van der Waals surface area contributed by atoms with E-state index in [9.17, 15) is 4.79 Å². The van der Waals surface area contributed by atoms with Crippen LogP contribution < -0.4 is 20.1 Å². The van der Waals surface area contributed by atoms with E-state index in [1.165, 1.54) is 10.4 Å². The monoisotopic (exact) mass is 501 g/mol. The van der Waals surface area contributed by atoms with Crippen molar-refractivity contribution in [2.24, 2.45) is 0 Å². The highest BCUT2D eigenvalue weighted by molar-refractivity contribution is 7.00. The molecule has 0 radical (unpaired) electrons. The summed E-state index contributed by atoms with van der Waals surface area (Å²) < 4.78 is 12.5. The Morgan fingerprint density at radius 1 is 0.861 bits per heavy atom. The van der Waals surface area contributed by atoms with Gasteiger partial charge in [0.2, 0.25) is 0 Å². The molecule has 0 aliphatic heterocycles. The summed E-state index contributed by atoms with van der Waals surface area (Å²) >= 11 is 0. The second-order valence-electron chi connectivity index (χ2n) is 11.1. The molecule has 5 heteroatoms. The zero-order valence-corrected chi connectivity index (χ0v) is 23.4. The number of ether oxygens (including phenoxy) is 1. The summed E-state index contributed by atoms with van der Waals surface area (Å²) in [6, 6.07) is 29.2. The van der Waals surface area contributed by atoms with E-state index in [0.29, 0.717) is 6.42 Å². The van der Waals surface area contributed by atoms with Gasteiger partial charge >= 0.3 is 14.4 Å². The quantitative estimate of drug-likeness (QED) is 0.293. The lowest BCUT2D eigenvalue weighted by Crippen LogP contribution is -2.68. The third-order valence-corrected chi connectivity index (χ3v) is 11.0. The topological polar surface area (TPSA) is 47.6 Å². The highest BCUT2D eigenvalue weighted by atomic mass is 28.4. The molecule has 0 spiro atoms. The summed E-state index contributed by atoms with van der Waals surface area (Å²) in [4.78, 5) is 12.2. The van der Waals surface area contributed by atoms with E-state index in [-0.39, 0.29) is 11.1 Å². The average molecular weight is 502 g/mol. The Labute approximate surface area is 217 Å². The summed E-state index contributed by atoms with van der Waals surface area (Å²) in [5.74, 6) is 0.836. The first-order chi connectivity index (χ1) is 16.9. The Morgan fingerprint density at radius 3 is 1.78 bits per heavy atom. The molecule has 0 aliphatic carbocycles. The lowest BCUT2D eigenvalue weighted by molar-refractivity contribution is 0.0514. The summed E-state index contributed by atoms with van der Waals surface area (Å²) in [6.45, 7) is 16.2. The minimum Gasteiger partial charge on any atom is -0.534 e. The van der Waals surface area contributed by atoms with Gasteiger partial charge in [0.25, 0.3) is 0 Å². The highest BCUT2D eigenvalue weighted by Crippen LogP contribution is 2.37. The number of hydrogen-bond acceptors (Lipinski definition) is 3. The van der Waals surface area contributed by atoms with Crippen LogP contribution in [0.5, 0.6) is 5.75 Å². The third-order valence-electron chi connectivity index (χ3n) is 6.05. The molecule has 0 saturated heterocycles. The van der Waals surface area contributed by atoms with Crippen molar-refractivity contribution in [3.63, 3.8) is 0 Å². The minimum absolute atomic E-state index is 0.111. The molecule has 0 aromatic heterocycles. The molecule has 4 nitrogen and oxygen atoms in total. The van der Waals surface area contributed by atoms with Gasteiger partial charge in [-0.05, 0) is 60.3 Å².